The smallest absolute Gasteiger partial charge is 0.226 e. The summed E-state index contributed by atoms with van der Waals surface area (Å²) in [6.07, 6.45) is 2.49. The Kier molecular flexibility index (Phi) is 5.59. The number of ether oxygens (including phenoxy) is 2. The summed E-state index contributed by atoms with van der Waals surface area (Å²) in [5.41, 5.74) is 4.25. The van der Waals surface area contributed by atoms with Crippen LogP contribution in [0.1, 0.15) is 30.9 Å². The second kappa shape index (κ2) is 8.52. The molecule has 0 saturated carbocycles. The van der Waals surface area contributed by atoms with Crippen LogP contribution in [0, 0.1) is 11.8 Å². The molecule has 164 valence electrons. The van der Waals surface area contributed by atoms with Gasteiger partial charge >= 0.3 is 0 Å². The molecule has 1 amide bonds. The molecule has 0 spiro atoms. The van der Waals surface area contributed by atoms with Crippen molar-refractivity contribution in [3.05, 3.63) is 48.0 Å². The van der Waals surface area contributed by atoms with Gasteiger partial charge in [0.25, 0.3) is 0 Å². The number of methoxy groups -OCH3 is 1. The Morgan fingerprint density at radius 1 is 1.19 bits per heavy atom. The molecule has 0 radical (unpaired) electrons. The fraction of sp³-hybridized carbons (Fsp3) is 0.480. The number of nitrogens with one attached hydrogen (secondary N) is 1. The maximum Gasteiger partial charge on any atom is 0.226 e. The van der Waals surface area contributed by atoms with Gasteiger partial charge in [0, 0.05) is 42.8 Å². The highest BCUT2D eigenvalue weighted by atomic mass is 16.5. The van der Waals surface area contributed by atoms with E-state index < -0.39 is 0 Å². The zero-order valence-corrected chi connectivity index (χ0v) is 17.9. The molecule has 6 heteroatoms. The van der Waals surface area contributed by atoms with E-state index in [9.17, 15) is 9.90 Å². The van der Waals surface area contributed by atoms with Gasteiger partial charge in [0.1, 0.15) is 5.75 Å². The lowest BCUT2D eigenvalue weighted by Crippen LogP contribution is -2.44. The number of hydrogen-bond acceptors (Lipinski definition) is 5. The summed E-state index contributed by atoms with van der Waals surface area (Å²) in [4.78, 5) is 15.6. The molecule has 2 fully saturated rings. The first kappa shape index (κ1) is 20.3. The summed E-state index contributed by atoms with van der Waals surface area (Å²) in [7, 11) is 1.69. The average Bonchev–Trinajstić information content (AvgIpc) is 3.29. The third-order valence-corrected chi connectivity index (χ3v) is 7.14. The molecule has 0 bridgehead atoms. The number of carbonyl (C=O) groups is 1. The van der Waals surface area contributed by atoms with Crippen LogP contribution in [0.15, 0.2) is 42.5 Å². The molecule has 2 saturated heterocycles. The third-order valence-electron chi connectivity index (χ3n) is 7.14. The largest absolute Gasteiger partial charge is 0.496 e. The zero-order valence-electron chi connectivity index (χ0n) is 17.9. The maximum absolute atomic E-state index is 13.5. The van der Waals surface area contributed by atoms with E-state index in [1.54, 1.807) is 7.11 Å². The summed E-state index contributed by atoms with van der Waals surface area (Å²) in [5, 5.41) is 13.6. The molecule has 0 aromatic heterocycles. The van der Waals surface area contributed by atoms with E-state index >= 15 is 0 Å². The van der Waals surface area contributed by atoms with Crippen LogP contribution in [0.2, 0.25) is 0 Å². The normalized spacial score (nSPS) is 25.5. The van der Waals surface area contributed by atoms with Crippen molar-refractivity contribution in [2.75, 3.05) is 38.8 Å². The minimum absolute atomic E-state index is 0.0154. The monoisotopic (exact) mass is 422 g/mol. The second-order valence-corrected chi connectivity index (χ2v) is 8.75. The Morgan fingerprint density at radius 2 is 2.00 bits per heavy atom. The van der Waals surface area contributed by atoms with Crippen LogP contribution in [0.25, 0.3) is 11.1 Å². The Morgan fingerprint density at radius 3 is 2.77 bits per heavy atom. The third kappa shape index (κ3) is 3.58. The van der Waals surface area contributed by atoms with Gasteiger partial charge in [-0.1, -0.05) is 24.3 Å². The predicted molar refractivity (Wildman–Crippen MR) is 119 cm³/mol. The molecule has 5 rings (SSSR count). The van der Waals surface area contributed by atoms with Gasteiger partial charge in [-0.15, -0.1) is 0 Å². The molecule has 2 N–H and O–H groups in total. The number of rotatable bonds is 4. The summed E-state index contributed by atoms with van der Waals surface area (Å²) >= 11 is 0. The second-order valence-electron chi connectivity index (χ2n) is 8.75. The molecule has 3 aliphatic rings. The lowest BCUT2D eigenvalue weighted by Gasteiger charge is -2.40. The van der Waals surface area contributed by atoms with Crippen LogP contribution in [-0.2, 0) is 9.53 Å². The summed E-state index contributed by atoms with van der Waals surface area (Å²) in [6, 6.07) is 14.3. The van der Waals surface area contributed by atoms with Gasteiger partial charge in [-0.05, 0) is 48.6 Å². The highest BCUT2D eigenvalue weighted by Gasteiger charge is 2.46. The van der Waals surface area contributed by atoms with E-state index in [0.717, 1.165) is 53.9 Å². The van der Waals surface area contributed by atoms with Crippen molar-refractivity contribution in [2.45, 2.75) is 31.3 Å². The highest BCUT2D eigenvalue weighted by Crippen LogP contribution is 2.48. The first-order valence-corrected chi connectivity index (χ1v) is 11.2. The molecule has 0 unspecified atom stereocenters. The fourth-order valence-corrected chi connectivity index (χ4v) is 5.54. The number of aliphatic hydroxyl groups excluding tert-OH is 1. The molecule has 2 aromatic carbocycles. The van der Waals surface area contributed by atoms with Crippen LogP contribution in [-0.4, -0.2) is 55.4 Å². The number of likely N-dealkylation sites (tertiary alicyclic amines) is 1. The van der Waals surface area contributed by atoms with Gasteiger partial charge in [0.05, 0.1) is 25.8 Å². The topological polar surface area (TPSA) is 71.0 Å². The molecular formula is C25H30N2O4. The number of nitrogens with zero attached hydrogens (tertiary/aromatic N) is 1. The molecule has 3 heterocycles. The number of hydrogen-bond donors (Lipinski definition) is 2. The van der Waals surface area contributed by atoms with Crippen LogP contribution in [0.4, 0.5) is 5.69 Å². The van der Waals surface area contributed by atoms with E-state index in [-0.39, 0.29) is 36.4 Å². The number of anilines is 1. The lowest BCUT2D eigenvalue weighted by atomic mass is 9.81. The van der Waals surface area contributed by atoms with Gasteiger partial charge < -0.3 is 24.8 Å². The maximum atomic E-state index is 13.5. The zero-order chi connectivity index (χ0) is 21.4. The van der Waals surface area contributed by atoms with Crippen LogP contribution in [0.3, 0.4) is 0 Å². The number of benzene rings is 2. The molecule has 0 aliphatic carbocycles. The Bertz CT molecular complexity index is 956. The van der Waals surface area contributed by atoms with E-state index in [0.29, 0.717) is 13.2 Å². The molecule has 6 nitrogen and oxygen atoms in total. The molecule has 2 aromatic rings. The Hall–Kier alpha value is -2.57. The van der Waals surface area contributed by atoms with E-state index in [2.05, 4.69) is 34.5 Å². The average molecular weight is 423 g/mol. The van der Waals surface area contributed by atoms with Crippen LogP contribution in [0.5, 0.6) is 5.75 Å². The standard InChI is InChI=1S/C25H30N2O4/c1-30-23-5-3-2-4-18(23)17-6-7-21-20(14-17)24-19(22(15-28)26-21)8-11-27(24)25(29)16-9-12-31-13-10-16/h2-7,14,16,19,22,24,26,28H,8-13,15H2,1H3/t19-,22+,24-/m0/s1. The van der Waals surface area contributed by atoms with Crippen molar-refractivity contribution < 1.29 is 19.4 Å². The van der Waals surface area contributed by atoms with E-state index in [1.165, 1.54) is 0 Å². The van der Waals surface area contributed by atoms with E-state index in [1.807, 2.05) is 18.2 Å². The summed E-state index contributed by atoms with van der Waals surface area (Å²) in [5.74, 6) is 1.31. The van der Waals surface area contributed by atoms with Gasteiger partial charge in [-0.2, -0.15) is 0 Å². The lowest BCUT2D eigenvalue weighted by molar-refractivity contribution is -0.140. The first-order chi connectivity index (χ1) is 15.2. The number of para-hydroxylation sites is 1. The van der Waals surface area contributed by atoms with Gasteiger partial charge in [-0.25, -0.2) is 0 Å². The Labute approximate surface area is 183 Å². The summed E-state index contributed by atoms with van der Waals surface area (Å²) in [6.45, 7) is 2.12. The van der Waals surface area contributed by atoms with Gasteiger partial charge in [0.15, 0.2) is 0 Å². The predicted octanol–water partition coefficient (Wildman–Crippen LogP) is 3.46. The quantitative estimate of drug-likeness (QED) is 0.790. The van der Waals surface area contributed by atoms with Crippen LogP contribution < -0.4 is 10.1 Å². The van der Waals surface area contributed by atoms with Crippen molar-refractivity contribution in [1.29, 1.82) is 0 Å². The number of amides is 1. The highest BCUT2D eigenvalue weighted by molar-refractivity contribution is 5.81. The van der Waals surface area contributed by atoms with Crippen molar-refractivity contribution in [3.8, 4) is 16.9 Å². The van der Waals surface area contributed by atoms with Crippen molar-refractivity contribution in [1.82, 2.24) is 4.90 Å². The first-order valence-electron chi connectivity index (χ1n) is 11.2. The number of fused-ring (bicyclic) bond motifs is 3. The van der Waals surface area contributed by atoms with Crippen molar-refractivity contribution >= 4 is 11.6 Å². The van der Waals surface area contributed by atoms with Gasteiger partial charge in [0.2, 0.25) is 5.91 Å². The fourth-order valence-electron chi connectivity index (χ4n) is 5.54. The molecular weight excluding hydrogens is 392 g/mol. The minimum Gasteiger partial charge on any atom is -0.496 e. The van der Waals surface area contributed by atoms with E-state index in [4.69, 9.17) is 9.47 Å². The van der Waals surface area contributed by atoms with Crippen LogP contribution >= 0.6 is 0 Å². The SMILES string of the molecule is COc1ccccc1-c1ccc2c(c1)[C@@H]1[C@@H](CCN1C(=O)C1CCOCC1)[C@@H](CO)N2. The molecule has 3 aliphatic heterocycles. The summed E-state index contributed by atoms with van der Waals surface area (Å²) < 4.78 is 11.0. The number of aliphatic hydroxyl groups is 1. The Balaban J connectivity index is 1.54. The van der Waals surface area contributed by atoms with Crippen molar-refractivity contribution in [3.63, 3.8) is 0 Å². The van der Waals surface area contributed by atoms with Crippen molar-refractivity contribution in [2.24, 2.45) is 11.8 Å². The molecule has 31 heavy (non-hydrogen) atoms. The molecule has 3 atom stereocenters. The number of carbonyl (C=O) groups excluding carboxylic acids is 1. The minimum atomic E-state index is -0.0397. The van der Waals surface area contributed by atoms with Gasteiger partial charge in [-0.3, -0.25) is 4.79 Å².